The summed E-state index contributed by atoms with van der Waals surface area (Å²) in [5.74, 6) is 0.892. The largest absolute Gasteiger partial charge is 0.304 e. The summed E-state index contributed by atoms with van der Waals surface area (Å²) >= 11 is 0. The highest BCUT2D eigenvalue weighted by molar-refractivity contribution is 5.22. The van der Waals surface area contributed by atoms with Crippen LogP contribution in [0.3, 0.4) is 0 Å². The van der Waals surface area contributed by atoms with Crippen molar-refractivity contribution in [3.05, 3.63) is 71.8 Å². The Labute approximate surface area is 168 Å². The van der Waals surface area contributed by atoms with Gasteiger partial charge in [0, 0.05) is 46.5 Å². The molecule has 0 amide bonds. The van der Waals surface area contributed by atoms with E-state index >= 15 is 0 Å². The predicted molar refractivity (Wildman–Crippen MR) is 110 cm³/mol. The Morgan fingerprint density at radius 2 is 1.86 bits per heavy atom. The minimum atomic E-state index is 0.0261. The predicted octanol–water partition coefficient (Wildman–Crippen LogP) is 2.28. The fourth-order valence-electron chi connectivity index (χ4n) is 3.59. The van der Waals surface area contributed by atoms with E-state index < -0.39 is 0 Å². The van der Waals surface area contributed by atoms with Crippen LogP contribution in [0.2, 0.25) is 0 Å². The van der Waals surface area contributed by atoms with Gasteiger partial charge in [-0.1, -0.05) is 43.8 Å². The first-order valence-electron chi connectivity index (χ1n) is 10.4. The average molecular weight is 381 g/mol. The van der Waals surface area contributed by atoms with E-state index in [2.05, 4.69) is 67.7 Å². The van der Waals surface area contributed by atoms with Crippen LogP contribution in [0.4, 0.5) is 0 Å². The summed E-state index contributed by atoms with van der Waals surface area (Å²) in [4.78, 5) is 9.15. The summed E-state index contributed by atoms with van der Waals surface area (Å²) in [5.41, 5.74) is 2.43. The topological polar surface area (TPSA) is 63.0 Å². The maximum atomic E-state index is 5.75. The molecule has 1 unspecified atom stereocenters. The number of tetrazole rings is 1. The lowest BCUT2D eigenvalue weighted by Crippen LogP contribution is -2.46. The van der Waals surface area contributed by atoms with Gasteiger partial charge in [0.1, 0.15) is 0 Å². The maximum Gasteiger partial charge on any atom is 0.173 e. The molecular formula is C21H29N7. The van der Waals surface area contributed by atoms with E-state index in [0.717, 1.165) is 50.5 Å². The Morgan fingerprint density at radius 1 is 1.07 bits per heavy atom. The van der Waals surface area contributed by atoms with E-state index in [4.69, 9.17) is 1.37 Å². The first kappa shape index (κ1) is 18.7. The van der Waals surface area contributed by atoms with Crippen molar-refractivity contribution in [2.75, 3.05) is 33.2 Å². The fourth-order valence-corrected chi connectivity index (χ4v) is 3.59. The highest BCUT2D eigenvalue weighted by Crippen LogP contribution is 2.27. The summed E-state index contributed by atoms with van der Waals surface area (Å²) in [6, 6.07) is 14.6. The minimum absolute atomic E-state index is 0.0261. The summed E-state index contributed by atoms with van der Waals surface area (Å²) < 4.78 is 7.70. The molecule has 0 aliphatic carbocycles. The van der Waals surface area contributed by atoms with Gasteiger partial charge in [-0.3, -0.25) is 9.88 Å². The molecule has 1 aliphatic heterocycles. The molecule has 3 heterocycles. The quantitative estimate of drug-likeness (QED) is 0.654. The molecule has 1 fully saturated rings. The van der Waals surface area contributed by atoms with E-state index in [1.54, 1.807) is 0 Å². The molecule has 7 nitrogen and oxygen atoms in total. The van der Waals surface area contributed by atoms with Crippen molar-refractivity contribution in [3.8, 4) is 0 Å². The van der Waals surface area contributed by atoms with Crippen LogP contribution in [-0.2, 0) is 13.0 Å². The van der Waals surface area contributed by atoms with Gasteiger partial charge in [-0.15, -0.1) is 5.10 Å². The number of pyridine rings is 1. The first-order valence-corrected chi connectivity index (χ1v) is 9.44. The van der Waals surface area contributed by atoms with Crippen molar-refractivity contribution in [2.45, 2.75) is 26.4 Å². The molecule has 28 heavy (non-hydrogen) atoms. The Morgan fingerprint density at radius 3 is 2.57 bits per heavy atom. The zero-order chi connectivity index (χ0) is 20.5. The molecule has 0 radical (unpaired) electrons. The zero-order valence-corrected chi connectivity index (χ0v) is 16.6. The third-order valence-corrected chi connectivity index (χ3v) is 5.16. The Kier molecular flexibility index (Phi) is 6.36. The number of rotatable bonds is 6. The number of likely N-dealkylation sites (N-methyl/N-ethyl adjacent to an activating group) is 1. The summed E-state index contributed by atoms with van der Waals surface area (Å²) in [5, 5.41) is 12.7. The van der Waals surface area contributed by atoms with Gasteiger partial charge in [-0.25, -0.2) is 4.68 Å². The molecule has 7 heteroatoms. The second kappa shape index (κ2) is 9.52. The molecule has 0 saturated carbocycles. The smallest absolute Gasteiger partial charge is 0.173 e. The number of nitrogens with zero attached hydrogens (tertiary/aromatic N) is 7. The molecular weight excluding hydrogens is 350 g/mol. The van der Waals surface area contributed by atoms with Crippen molar-refractivity contribution in [1.82, 2.24) is 35.0 Å². The lowest BCUT2D eigenvalue weighted by Gasteiger charge is -2.37. The molecule has 0 N–H and O–H groups in total. The van der Waals surface area contributed by atoms with Gasteiger partial charge in [-0.05, 0) is 41.1 Å². The fraction of sp³-hybridized carbons (Fsp3) is 0.429. The molecule has 1 atom stereocenters. The average Bonchev–Trinajstić information content (AvgIpc) is 3.25. The lowest BCUT2D eigenvalue weighted by molar-refractivity contribution is 0.121. The van der Waals surface area contributed by atoms with Gasteiger partial charge >= 0.3 is 0 Å². The third-order valence-electron chi connectivity index (χ3n) is 5.16. The van der Waals surface area contributed by atoms with Crippen LogP contribution in [0.25, 0.3) is 0 Å². The van der Waals surface area contributed by atoms with Crippen molar-refractivity contribution >= 4 is 0 Å². The molecule has 4 rings (SSSR count). The van der Waals surface area contributed by atoms with Crippen LogP contribution < -0.4 is 0 Å². The van der Waals surface area contributed by atoms with Crippen molar-refractivity contribution < 1.29 is 1.37 Å². The highest BCUT2D eigenvalue weighted by Gasteiger charge is 2.29. The number of aryl methyl sites for hydroxylation is 2. The molecule has 3 aromatic rings. The third kappa shape index (κ3) is 4.61. The van der Waals surface area contributed by atoms with Crippen LogP contribution in [0.1, 0.15) is 31.8 Å². The summed E-state index contributed by atoms with van der Waals surface area (Å²) in [6.07, 6.45) is 4.64. The molecule has 1 aromatic carbocycles. The Bertz CT molecular complexity index is 833. The van der Waals surface area contributed by atoms with E-state index in [1.165, 1.54) is 13.0 Å². The minimum Gasteiger partial charge on any atom is -0.304 e. The van der Waals surface area contributed by atoms with Gasteiger partial charge in [0.15, 0.2) is 5.82 Å². The number of piperazine rings is 1. The molecule has 2 aromatic heterocycles. The zero-order valence-electron chi connectivity index (χ0n) is 17.6. The molecule has 0 bridgehead atoms. The van der Waals surface area contributed by atoms with Crippen molar-refractivity contribution in [3.63, 3.8) is 0 Å². The molecule has 148 valence electrons. The SMILES string of the molecule is CN1CCN(C(c2cccnc2)c2nnnn2CCc2ccccc2)CC1.[2H]C. The summed E-state index contributed by atoms with van der Waals surface area (Å²) in [6.45, 7) is 4.82. The van der Waals surface area contributed by atoms with Crippen LogP contribution >= 0.6 is 0 Å². The molecule has 1 saturated heterocycles. The summed E-state index contributed by atoms with van der Waals surface area (Å²) in [7, 11) is 3.42. The highest BCUT2D eigenvalue weighted by atomic mass is 15.6. The van der Waals surface area contributed by atoms with E-state index in [-0.39, 0.29) is 6.04 Å². The van der Waals surface area contributed by atoms with Crippen molar-refractivity contribution in [2.24, 2.45) is 0 Å². The molecule has 0 spiro atoms. The number of hydrogen-bond donors (Lipinski definition) is 0. The Balaban J connectivity index is 0.00000117. The van der Waals surface area contributed by atoms with Crippen LogP contribution in [0.5, 0.6) is 0 Å². The van der Waals surface area contributed by atoms with Gasteiger partial charge < -0.3 is 4.90 Å². The van der Waals surface area contributed by atoms with Crippen LogP contribution in [-0.4, -0.2) is 68.2 Å². The van der Waals surface area contributed by atoms with E-state index in [1.807, 2.05) is 29.2 Å². The van der Waals surface area contributed by atoms with Gasteiger partial charge in [0.25, 0.3) is 0 Å². The van der Waals surface area contributed by atoms with E-state index in [9.17, 15) is 0 Å². The molecule has 1 aliphatic rings. The van der Waals surface area contributed by atoms with Crippen LogP contribution in [0, 0.1) is 0 Å². The number of aromatic nitrogens is 5. The second-order valence-electron chi connectivity index (χ2n) is 7.02. The standard InChI is InChI=1S/C20H25N7.CH4/c1-25-12-14-26(15-13-25)19(18-8-5-10-21-16-18)20-22-23-24-27(20)11-9-17-6-3-2-4-7-17;/h2-8,10,16,19H,9,11-15H2,1H3;1H4/i;1D. The van der Waals surface area contributed by atoms with Crippen molar-refractivity contribution in [1.29, 1.82) is 0 Å². The number of hydrogen-bond acceptors (Lipinski definition) is 6. The number of benzene rings is 1. The van der Waals surface area contributed by atoms with E-state index in [0.29, 0.717) is 0 Å². The lowest BCUT2D eigenvalue weighted by atomic mass is 10.1. The second-order valence-corrected chi connectivity index (χ2v) is 7.02. The first-order chi connectivity index (χ1) is 14.3. The van der Waals surface area contributed by atoms with Gasteiger partial charge in [0.05, 0.1) is 6.04 Å². The normalized spacial score (nSPS) is 16.7. The monoisotopic (exact) mass is 380 g/mol. The van der Waals surface area contributed by atoms with Gasteiger partial charge in [-0.2, -0.15) is 0 Å². The van der Waals surface area contributed by atoms with Crippen LogP contribution in [0.15, 0.2) is 54.9 Å². The maximum absolute atomic E-state index is 5.75. The Hall–Kier alpha value is -2.64. The van der Waals surface area contributed by atoms with Gasteiger partial charge in [0.2, 0.25) is 0 Å².